The van der Waals surface area contributed by atoms with Gasteiger partial charge in [0.25, 0.3) is 10.0 Å². The van der Waals surface area contributed by atoms with Crippen molar-refractivity contribution in [2.24, 2.45) is 11.7 Å². The van der Waals surface area contributed by atoms with Gasteiger partial charge in [-0.15, -0.1) is 0 Å². The Balaban J connectivity index is 1.71. The first-order valence-corrected chi connectivity index (χ1v) is 11.8. The van der Waals surface area contributed by atoms with Crippen molar-refractivity contribution in [3.63, 3.8) is 0 Å². The molecule has 0 aromatic carbocycles. The van der Waals surface area contributed by atoms with Crippen LogP contribution in [0.1, 0.15) is 51.4 Å². The molecule has 2 amide bonds. The molecule has 0 bridgehead atoms. The zero-order chi connectivity index (χ0) is 21.7. The minimum atomic E-state index is -4.20. The van der Waals surface area contributed by atoms with Crippen LogP contribution >= 0.6 is 0 Å². The molecule has 1 saturated heterocycles. The van der Waals surface area contributed by atoms with Gasteiger partial charge in [0.15, 0.2) is 10.8 Å². The van der Waals surface area contributed by atoms with Crippen molar-refractivity contribution < 1.29 is 22.8 Å². The molecule has 0 radical (unpaired) electrons. The Morgan fingerprint density at radius 2 is 1.90 bits per heavy atom. The lowest BCUT2D eigenvalue weighted by Crippen LogP contribution is -2.49. The fraction of sp³-hybridized carbons (Fsp3) is 0.600. The number of carbonyl (C=O) groups excluding carboxylic acids is 3. The number of primary amides is 1. The number of rotatable bonds is 7. The average Bonchev–Trinajstić information content (AvgIpc) is 3.18. The molecule has 2 aliphatic rings. The highest BCUT2D eigenvalue weighted by Gasteiger charge is 2.41. The molecule has 30 heavy (non-hydrogen) atoms. The monoisotopic (exact) mass is 436 g/mol. The topological polar surface area (TPSA) is 140 Å². The van der Waals surface area contributed by atoms with E-state index in [-0.39, 0.29) is 23.8 Å². The van der Waals surface area contributed by atoms with Gasteiger partial charge in [-0.2, -0.15) is 4.31 Å². The normalized spacial score (nSPS) is 23.8. The Hall–Kier alpha value is -2.33. The minimum Gasteiger partial charge on any atom is -0.368 e. The van der Waals surface area contributed by atoms with Gasteiger partial charge in [0.2, 0.25) is 11.8 Å². The van der Waals surface area contributed by atoms with Gasteiger partial charge in [-0.1, -0.05) is 31.7 Å². The third-order valence-corrected chi connectivity index (χ3v) is 7.68. The number of sulfonamides is 1. The number of nitrogens with two attached hydrogens (primary N) is 1. The SMILES string of the molecule is NC(=O)[C@H]1CC[C@H](NC(=O)CCC2CCCC2)C(=O)CN1S(=O)(=O)c1ccccn1. The van der Waals surface area contributed by atoms with E-state index in [4.69, 9.17) is 5.73 Å². The Morgan fingerprint density at radius 3 is 2.53 bits per heavy atom. The summed E-state index contributed by atoms with van der Waals surface area (Å²) in [6.07, 6.45) is 7.30. The van der Waals surface area contributed by atoms with Crippen molar-refractivity contribution in [3.8, 4) is 0 Å². The van der Waals surface area contributed by atoms with Crippen LogP contribution in [-0.4, -0.2) is 53.9 Å². The number of hydrogen-bond acceptors (Lipinski definition) is 6. The summed E-state index contributed by atoms with van der Waals surface area (Å²) in [5.74, 6) is -0.973. The van der Waals surface area contributed by atoms with Crippen molar-refractivity contribution in [1.82, 2.24) is 14.6 Å². The van der Waals surface area contributed by atoms with Gasteiger partial charge in [-0.3, -0.25) is 14.4 Å². The van der Waals surface area contributed by atoms with E-state index >= 15 is 0 Å². The summed E-state index contributed by atoms with van der Waals surface area (Å²) in [5.41, 5.74) is 5.45. The summed E-state index contributed by atoms with van der Waals surface area (Å²) in [6, 6.07) is 2.35. The van der Waals surface area contributed by atoms with Crippen LogP contribution in [0.2, 0.25) is 0 Å². The first kappa shape index (κ1) is 22.4. The third-order valence-electron chi connectivity index (χ3n) is 5.91. The Labute approximate surface area is 176 Å². The van der Waals surface area contributed by atoms with Gasteiger partial charge in [-0.05, 0) is 37.3 Å². The Kier molecular flexibility index (Phi) is 7.19. The number of aromatic nitrogens is 1. The van der Waals surface area contributed by atoms with E-state index in [1.165, 1.54) is 31.2 Å². The zero-order valence-electron chi connectivity index (χ0n) is 16.8. The largest absolute Gasteiger partial charge is 0.368 e. The molecule has 3 rings (SSSR count). The lowest BCUT2D eigenvalue weighted by molar-refractivity contribution is -0.128. The van der Waals surface area contributed by atoms with Crippen LogP contribution in [0.5, 0.6) is 0 Å². The van der Waals surface area contributed by atoms with E-state index in [1.807, 2.05) is 0 Å². The molecule has 1 aliphatic carbocycles. The smallest absolute Gasteiger partial charge is 0.261 e. The van der Waals surface area contributed by atoms with Crippen LogP contribution in [0, 0.1) is 5.92 Å². The van der Waals surface area contributed by atoms with Gasteiger partial charge in [0, 0.05) is 12.6 Å². The summed E-state index contributed by atoms with van der Waals surface area (Å²) in [4.78, 5) is 40.9. The first-order valence-electron chi connectivity index (χ1n) is 10.3. The van der Waals surface area contributed by atoms with Crippen molar-refractivity contribution in [2.75, 3.05) is 6.54 Å². The molecule has 0 unspecified atom stereocenters. The summed E-state index contributed by atoms with van der Waals surface area (Å²) >= 11 is 0. The molecule has 1 aromatic rings. The fourth-order valence-electron chi connectivity index (χ4n) is 4.21. The molecule has 3 N–H and O–H groups in total. The minimum absolute atomic E-state index is 0.0424. The molecule has 2 fully saturated rings. The zero-order valence-corrected chi connectivity index (χ0v) is 17.6. The second-order valence-electron chi connectivity index (χ2n) is 7.99. The summed E-state index contributed by atoms with van der Waals surface area (Å²) in [5, 5.41) is 2.47. The number of Topliss-reactive ketones (excluding diaryl/α,β-unsaturated/α-hetero) is 1. The van der Waals surface area contributed by atoms with Gasteiger partial charge in [0.1, 0.15) is 6.04 Å². The average molecular weight is 437 g/mol. The molecule has 1 aromatic heterocycles. The van der Waals surface area contributed by atoms with Gasteiger partial charge < -0.3 is 11.1 Å². The number of pyridine rings is 1. The molecule has 10 heteroatoms. The van der Waals surface area contributed by atoms with E-state index in [9.17, 15) is 22.8 Å². The van der Waals surface area contributed by atoms with E-state index in [0.29, 0.717) is 12.3 Å². The summed E-state index contributed by atoms with van der Waals surface area (Å²) < 4.78 is 26.8. The number of carbonyl (C=O) groups is 3. The number of nitrogens with one attached hydrogen (secondary N) is 1. The van der Waals surface area contributed by atoms with Crippen LogP contribution < -0.4 is 11.1 Å². The molecule has 2 heterocycles. The van der Waals surface area contributed by atoms with E-state index < -0.39 is 40.3 Å². The highest BCUT2D eigenvalue weighted by Crippen LogP contribution is 2.28. The van der Waals surface area contributed by atoms with Crippen LogP contribution in [-0.2, 0) is 24.4 Å². The molecule has 1 aliphatic heterocycles. The lowest BCUT2D eigenvalue weighted by Gasteiger charge is -2.25. The van der Waals surface area contributed by atoms with Crippen LogP contribution in [0.4, 0.5) is 0 Å². The standard InChI is InChI=1S/C20H28N4O5S/c21-20(27)16-10-9-15(23-18(26)11-8-14-5-1-2-6-14)17(25)13-24(16)30(28,29)19-7-3-4-12-22-19/h3-4,7,12,14-16H,1-2,5-6,8-11,13H2,(H2,21,27)(H,23,26)/t15-,16+/m0/s1. The Bertz CT molecular complexity index is 884. The maximum absolute atomic E-state index is 13.0. The van der Waals surface area contributed by atoms with Gasteiger partial charge >= 0.3 is 0 Å². The van der Waals surface area contributed by atoms with Crippen molar-refractivity contribution in [3.05, 3.63) is 24.4 Å². The van der Waals surface area contributed by atoms with Gasteiger partial charge in [-0.25, -0.2) is 13.4 Å². The van der Waals surface area contributed by atoms with Crippen LogP contribution in [0.3, 0.4) is 0 Å². The van der Waals surface area contributed by atoms with Crippen molar-refractivity contribution in [1.29, 1.82) is 0 Å². The fourth-order valence-corrected chi connectivity index (χ4v) is 5.74. The lowest BCUT2D eigenvalue weighted by atomic mass is 10.0. The molecule has 9 nitrogen and oxygen atoms in total. The van der Waals surface area contributed by atoms with E-state index in [1.54, 1.807) is 6.07 Å². The van der Waals surface area contributed by atoms with Crippen LogP contribution in [0.15, 0.2) is 29.4 Å². The second kappa shape index (κ2) is 9.65. The number of ketones is 1. The van der Waals surface area contributed by atoms with Crippen molar-refractivity contribution in [2.45, 2.75) is 68.5 Å². The summed E-state index contributed by atoms with van der Waals surface area (Å²) in [7, 11) is -4.20. The molecule has 1 saturated carbocycles. The first-order chi connectivity index (χ1) is 14.3. The van der Waals surface area contributed by atoms with E-state index in [0.717, 1.165) is 23.6 Å². The number of nitrogens with zero attached hydrogens (tertiary/aromatic N) is 2. The Morgan fingerprint density at radius 1 is 1.17 bits per heavy atom. The molecule has 2 atom stereocenters. The second-order valence-corrected chi connectivity index (χ2v) is 9.83. The van der Waals surface area contributed by atoms with Crippen LogP contribution in [0.25, 0.3) is 0 Å². The maximum atomic E-state index is 13.0. The molecular formula is C20H28N4O5S. The third kappa shape index (κ3) is 5.23. The maximum Gasteiger partial charge on any atom is 0.261 e. The molecule has 164 valence electrons. The highest BCUT2D eigenvalue weighted by molar-refractivity contribution is 7.89. The quantitative estimate of drug-likeness (QED) is 0.646. The number of amides is 2. The summed E-state index contributed by atoms with van der Waals surface area (Å²) in [6.45, 7) is -0.542. The molecule has 0 spiro atoms. The predicted molar refractivity (Wildman–Crippen MR) is 108 cm³/mol. The van der Waals surface area contributed by atoms with E-state index in [2.05, 4.69) is 10.3 Å². The van der Waals surface area contributed by atoms with Gasteiger partial charge in [0.05, 0.1) is 12.6 Å². The number of hydrogen-bond donors (Lipinski definition) is 2. The molecular weight excluding hydrogens is 408 g/mol. The highest BCUT2D eigenvalue weighted by atomic mass is 32.2. The predicted octanol–water partition coefficient (Wildman–Crippen LogP) is 0.744. The van der Waals surface area contributed by atoms with Crippen molar-refractivity contribution >= 4 is 27.6 Å².